The Morgan fingerprint density at radius 2 is 2.22 bits per heavy atom. The number of H-pyrrole nitrogens is 1. The van der Waals surface area contributed by atoms with E-state index in [1.807, 2.05) is 4.90 Å². The number of rotatable bonds is 7. The molecule has 0 spiro atoms. The number of nitrogens with two attached hydrogens (primary N) is 1. The molecule has 0 saturated heterocycles. The van der Waals surface area contributed by atoms with Crippen molar-refractivity contribution >= 4 is 23.4 Å². The number of methoxy groups -OCH3 is 1. The average Bonchev–Trinajstić information content (AvgIpc) is 2.90. The van der Waals surface area contributed by atoms with Crippen LogP contribution in [0.4, 0.5) is 17.5 Å². The molecule has 0 amide bonds. The maximum atomic E-state index is 11.8. The Morgan fingerprint density at radius 3 is 2.87 bits per heavy atom. The van der Waals surface area contributed by atoms with Crippen molar-refractivity contribution in [3.05, 3.63) is 10.4 Å². The highest BCUT2D eigenvalue weighted by atomic mass is 16.6. The number of esters is 1. The summed E-state index contributed by atoms with van der Waals surface area (Å²) in [4.78, 5) is 31.8. The molecule has 4 N–H and O–H groups in total. The Bertz CT molecular complexity index is 616. The molecular weight excluding hydrogens is 302 g/mol. The molecule has 2 heterocycles. The summed E-state index contributed by atoms with van der Waals surface area (Å²) in [5, 5.41) is 2.99. The second-order valence-corrected chi connectivity index (χ2v) is 5.68. The van der Waals surface area contributed by atoms with Crippen molar-refractivity contribution in [2.75, 3.05) is 42.9 Å². The number of ether oxygens (including phenoxy) is 2. The van der Waals surface area contributed by atoms with E-state index in [-0.39, 0.29) is 36.1 Å². The number of nitrogens with one attached hydrogen (secondary N) is 2. The lowest BCUT2D eigenvalue weighted by atomic mass is 10.2. The van der Waals surface area contributed by atoms with Gasteiger partial charge in [-0.1, -0.05) is 13.8 Å². The molecule has 0 bridgehead atoms. The fraction of sp³-hybridized carbons (Fsp3) is 0.643. The van der Waals surface area contributed by atoms with Gasteiger partial charge in [0.25, 0.3) is 5.56 Å². The number of nitrogens with zero attached hydrogens (tertiary/aromatic N) is 2. The van der Waals surface area contributed by atoms with E-state index < -0.39 is 0 Å². The molecule has 23 heavy (non-hydrogen) atoms. The lowest BCUT2D eigenvalue weighted by molar-refractivity contribution is -0.151. The average molecular weight is 325 g/mol. The third-order valence-electron chi connectivity index (χ3n) is 3.60. The van der Waals surface area contributed by atoms with Crippen LogP contribution in [-0.4, -0.2) is 49.0 Å². The summed E-state index contributed by atoms with van der Waals surface area (Å²) in [5.74, 6) is 0.194. The molecule has 128 valence electrons. The van der Waals surface area contributed by atoms with Crippen molar-refractivity contribution in [2.45, 2.75) is 26.4 Å². The van der Waals surface area contributed by atoms with Gasteiger partial charge in [-0.3, -0.25) is 14.6 Å². The van der Waals surface area contributed by atoms with Crippen LogP contribution in [0.1, 0.15) is 20.3 Å². The normalized spacial score (nSPS) is 14.5. The van der Waals surface area contributed by atoms with Crippen LogP contribution in [0, 0.1) is 5.92 Å². The molecule has 0 radical (unpaired) electrons. The first-order valence-electron chi connectivity index (χ1n) is 7.50. The van der Waals surface area contributed by atoms with Gasteiger partial charge in [-0.25, -0.2) is 0 Å². The zero-order chi connectivity index (χ0) is 17.0. The molecule has 1 aliphatic heterocycles. The minimum Gasteiger partial charge on any atom is -0.463 e. The molecule has 0 saturated carbocycles. The number of carbonyl (C=O) groups excluding carboxylic acids is 1. The Balaban J connectivity index is 1.91. The molecular formula is C14H23N5O4. The largest absolute Gasteiger partial charge is 0.463 e. The molecule has 1 aliphatic rings. The van der Waals surface area contributed by atoms with Gasteiger partial charge in [-0.05, 0) is 6.42 Å². The minimum atomic E-state index is -0.288. The van der Waals surface area contributed by atoms with Crippen molar-refractivity contribution in [1.82, 2.24) is 9.97 Å². The monoisotopic (exact) mass is 325 g/mol. The molecule has 2 rings (SSSR count). The topological polar surface area (TPSA) is 123 Å². The predicted molar refractivity (Wildman–Crippen MR) is 86.3 cm³/mol. The van der Waals surface area contributed by atoms with Gasteiger partial charge in [0.2, 0.25) is 5.95 Å². The fourth-order valence-corrected chi connectivity index (χ4v) is 2.21. The predicted octanol–water partition coefficient (Wildman–Crippen LogP) is 0.146. The number of nitrogen functional groups attached to an aromatic ring is 1. The number of aromatic amines is 1. The van der Waals surface area contributed by atoms with Crippen molar-refractivity contribution in [3.63, 3.8) is 0 Å². The summed E-state index contributed by atoms with van der Waals surface area (Å²) in [6.45, 7) is 4.83. The third-order valence-corrected chi connectivity index (χ3v) is 3.60. The van der Waals surface area contributed by atoms with E-state index in [0.29, 0.717) is 31.1 Å². The van der Waals surface area contributed by atoms with E-state index >= 15 is 0 Å². The number of hydrogen-bond donors (Lipinski definition) is 3. The molecule has 1 unspecified atom stereocenters. The van der Waals surface area contributed by atoms with E-state index in [9.17, 15) is 9.59 Å². The van der Waals surface area contributed by atoms with E-state index in [1.54, 1.807) is 21.0 Å². The van der Waals surface area contributed by atoms with Gasteiger partial charge in [-0.15, -0.1) is 0 Å². The van der Waals surface area contributed by atoms with Gasteiger partial charge in [0.15, 0.2) is 5.82 Å². The van der Waals surface area contributed by atoms with Crippen LogP contribution in [0.5, 0.6) is 0 Å². The SMILES string of the molecule is COC(CCN1CNc2c1nc(N)[nH]c2=O)COC(=O)C(C)C. The van der Waals surface area contributed by atoms with Crippen LogP contribution >= 0.6 is 0 Å². The van der Waals surface area contributed by atoms with Crippen LogP contribution in [0.3, 0.4) is 0 Å². The first-order chi connectivity index (χ1) is 10.9. The zero-order valence-corrected chi connectivity index (χ0v) is 13.6. The molecule has 0 aromatic carbocycles. The van der Waals surface area contributed by atoms with E-state index in [2.05, 4.69) is 15.3 Å². The van der Waals surface area contributed by atoms with Crippen molar-refractivity contribution < 1.29 is 14.3 Å². The second kappa shape index (κ2) is 7.32. The molecule has 1 atom stereocenters. The number of fused-ring (bicyclic) bond motifs is 1. The standard InChI is InChI=1S/C14H23N5O4/c1-8(2)13(21)23-6-9(22-3)4-5-19-7-16-10-11(19)17-14(15)18-12(10)20/h8-9,16H,4-7H2,1-3H3,(H3,15,17,18,20). The molecule has 0 fully saturated rings. The van der Waals surface area contributed by atoms with Crippen molar-refractivity contribution in [3.8, 4) is 0 Å². The maximum absolute atomic E-state index is 11.8. The zero-order valence-electron chi connectivity index (χ0n) is 13.6. The minimum absolute atomic E-state index is 0.0802. The van der Waals surface area contributed by atoms with Gasteiger partial charge in [-0.2, -0.15) is 4.98 Å². The van der Waals surface area contributed by atoms with Crippen molar-refractivity contribution in [1.29, 1.82) is 0 Å². The Labute approximate surface area is 134 Å². The summed E-state index contributed by atoms with van der Waals surface area (Å²) < 4.78 is 10.5. The molecule has 0 aliphatic carbocycles. The number of hydrogen-bond acceptors (Lipinski definition) is 8. The Morgan fingerprint density at radius 1 is 1.48 bits per heavy atom. The number of carbonyl (C=O) groups is 1. The van der Waals surface area contributed by atoms with Gasteiger partial charge < -0.3 is 25.4 Å². The van der Waals surface area contributed by atoms with Crippen LogP contribution in [0.2, 0.25) is 0 Å². The maximum Gasteiger partial charge on any atom is 0.308 e. The molecule has 1 aromatic rings. The second-order valence-electron chi connectivity index (χ2n) is 5.68. The fourth-order valence-electron chi connectivity index (χ4n) is 2.21. The first kappa shape index (κ1) is 17.1. The first-order valence-corrected chi connectivity index (χ1v) is 7.50. The molecule has 1 aromatic heterocycles. The van der Waals surface area contributed by atoms with Crippen LogP contribution in [0.25, 0.3) is 0 Å². The van der Waals surface area contributed by atoms with E-state index in [4.69, 9.17) is 15.2 Å². The Hall–Kier alpha value is -2.29. The summed E-state index contributed by atoms with van der Waals surface area (Å²) in [6.07, 6.45) is 0.401. The summed E-state index contributed by atoms with van der Waals surface area (Å²) in [5.41, 5.74) is 5.71. The van der Waals surface area contributed by atoms with Gasteiger partial charge in [0.1, 0.15) is 12.3 Å². The highest BCUT2D eigenvalue weighted by Crippen LogP contribution is 2.25. The van der Waals surface area contributed by atoms with Crippen LogP contribution in [-0.2, 0) is 14.3 Å². The highest BCUT2D eigenvalue weighted by Gasteiger charge is 2.24. The van der Waals surface area contributed by atoms with Crippen LogP contribution in [0.15, 0.2) is 4.79 Å². The number of anilines is 3. The smallest absolute Gasteiger partial charge is 0.308 e. The number of aromatic nitrogens is 2. The summed E-state index contributed by atoms with van der Waals surface area (Å²) in [6, 6.07) is 0. The molecule has 9 heteroatoms. The lowest BCUT2D eigenvalue weighted by Gasteiger charge is -2.21. The third kappa shape index (κ3) is 4.13. The van der Waals surface area contributed by atoms with Gasteiger partial charge in [0.05, 0.1) is 18.7 Å². The highest BCUT2D eigenvalue weighted by molar-refractivity contribution is 5.71. The van der Waals surface area contributed by atoms with E-state index in [1.165, 1.54) is 0 Å². The van der Waals surface area contributed by atoms with E-state index in [0.717, 1.165) is 0 Å². The lowest BCUT2D eigenvalue weighted by Crippen LogP contribution is -2.31. The van der Waals surface area contributed by atoms with Crippen LogP contribution < -0.4 is 21.5 Å². The summed E-state index contributed by atoms with van der Waals surface area (Å²) >= 11 is 0. The van der Waals surface area contributed by atoms with Gasteiger partial charge in [0, 0.05) is 13.7 Å². The Kier molecular flexibility index (Phi) is 5.43. The molecule has 9 nitrogen and oxygen atoms in total. The van der Waals surface area contributed by atoms with Crippen molar-refractivity contribution in [2.24, 2.45) is 5.92 Å². The van der Waals surface area contributed by atoms with Gasteiger partial charge >= 0.3 is 5.97 Å². The quantitative estimate of drug-likeness (QED) is 0.605. The summed E-state index contributed by atoms with van der Waals surface area (Å²) in [7, 11) is 1.57.